The van der Waals surface area contributed by atoms with Gasteiger partial charge in [0.1, 0.15) is 18.0 Å². The molecule has 0 fully saturated rings. The van der Waals surface area contributed by atoms with Crippen molar-refractivity contribution in [2.75, 3.05) is 18.5 Å². The Kier molecular flexibility index (Phi) is 5.88. The SMILES string of the molecule is NC(CNc1cc(-c2ccc(CCO)c(F)c2)ncn1)c1ccccc1. The summed E-state index contributed by atoms with van der Waals surface area (Å²) in [4.78, 5) is 8.41. The Morgan fingerprint density at radius 1 is 1.08 bits per heavy atom. The summed E-state index contributed by atoms with van der Waals surface area (Å²) >= 11 is 0. The van der Waals surface area contributed by atoms with Crippen LogP contribution in [0.5, 0.6) is 0 Å². The van der Waals surface area contributed by atoms with Crippen LogP contribution in [-0.2, 0) is 6.42 Å². The van der Waals surface area contributed by atoms with E-state index in [1.807, 2.05) is 30.3 Å². The Balaban J connectivity index is 1.71. The van der Waals surface area contributed by atoms with E-state index in [4.69, 9.17) is 10.8 Å². The van der Waals surface area contributed by atoms with Gasteiger partial charge in [-0.1, -0.05) is 42.5 Å². The Morgan fingerprint density at radius 2 is 1.88 bits per heavy atom. The molecule has 0 saturated carbocycles. The van der Waals surface area contributed by atoms with E-state index in [1.165, 1.54) is 12.4 Å². The summed E-state index contributed by atoms with van der Waals surface area (Å²) in [5.74, 6) is 0.275. The number of rotatable bonds is 7. The number of hydrogen-bond donors (Lipinski definition) is 3. The number of halogens is 1. The van der Waals surface area contributed by atoms with Gasteiger partial charge in [-0.15, -0.1) is 0 Å². The highest BCUT2D eigenvalue weighted by Crippen LogP contribution is 2.22. The zero-order valence-corrected chi connectivity index (χ0v) is 14.3. The Labute approximate surface area is 151 Å². The van der Waals surface area contributed by atoms with Gasteiger partial charge in [0.2, 0.25) is 0 Å². The smallest absolute Gasteiger partial charge is 0.130 e. The molecule has 26 heavy (non-hydrogen) atoms. The van der Waals surface area contributed by atoms with Gasteiger partial charge < -0.3 is 16.2 Å². The van der Waals surface area contributed by atoms with Crippen LogP contribution in [0.4, 0.5) is 10.2 Å². The van der Waals surface area contributed by atoms with Crippen molar-refractivity contribution in [3.8, 4) is 11.3 Å². The third kappa shape index (κ3) is 4.41. The molecule has 0 aliphatic carbocycles. The molecule has 0 radical (unpaired) electrons. The van der Waals surface area contributed by atoms with Crippen molar-refractivity contribution in [3.05, 3.63) is 77.9 Å². The highest BCUT2D eigenvalue weighted by molar-refractivity contribution is 5.62. The standard InChI is InChI=1S/C20H21FN4O/c21-17-10-16(7-6-14(17)8-9-26)19-11-20(25-13-24-19)23-12-18(22)15-4-2-1-3-5-15/h1-7,10-11,13,18,26H,8-9,12,22H2,(H,23,24,25). The first-order chi connectivity index (χ1) is 12.7. The number of nitrogens with zero attached hydrogens (tertiary/aromatic N) is 2. The predicted octanol–water partition coefficient (Wildman–Crippen LogP) is 2.93. The van der Waals surface area contributed by atoms with Crippen molar-refractivity contribution >= 4 is 5.82 Å². The molecule has 0 spiro atoms. The summed E-state index contributed by atoms with van der Waals surface area (Å²) in [5.41, 5.74) is 8.97. The van der Waals surface area contributed by atoms with Crippen LogP contribution in [0.1, 0.15) is 17.2 Å². The molecule has 1 atom stereocenters. The molecule has 6 heteroatoms. The first kappa shape index (κ1) is 18.0. The minimum absolute atomic E-state index is 0.0838. The number of aliphatic hydroxyl groups excluding tert-OH is 1. The fourth-order valence-corrected chi connectivity index (χ4v) is 2.67. The molecule has 134 valence electrons. The van der Waals surface area contributed by atoms with Crippen LogP contribution in [0, 0.1) is 5.82 Å². The van der Waals surface area contributed by atoms with E-state index in [2.05, 4.69) is 15.3 Å². The van der Waals surface area contributed by atoms with E-state index < -0.39 is 0 Å². The number of aliphatic hydroxyl groups is 1. The van der Waals surface area contributed by atoms with Crippen molar-refractivity contribution in [2.24, 2.45) is 5.73 Å². The topological polar surface area (TPSA) is 84.1 Å². The van der Waals surface area contributed by atoms with Gasteiger partial charge in [-0.2, -0.15) is 0 Å². The van der Waals surface area contributed by atoms with E-state index >= 15 is 0 Å². The van der Waals surface area contributed by atoms with Gasteiger partial charge in [0, 0.05) is 30.8 Å². The highest BCUT2D eigenvalue weighted by Gasteiger charge is 2.09. The fourth-order valence-electron chi connectivity index (χ4n) is 2.67. The van der Waals surface area contributed by atoms with Crippen LogP contribution in [-0.4, -0.2) is 28.2 Å². The zero-order valence-electron chi connectivity index (χ0n) is 14.3. The molecule has 1 aromatic heterocycles. The minimum Gasteiger partial charge on any atom is -0.396 e. The maximum absolute atomic E-state index is 14.1. The summed E-state index contributed by atoms with van der Waals surface area (Å²) < 4.78 is 14.1. The summed E-state index contributed by atoms with van der Waals surface area (Å²) in [7, 11) is 0. The molecule has 3 aromatic rings. The maximum atomic E-state index is 14.1. The van der Waals surface area contributed by atoms with Crippen LogP contribution in [0.15, 0.2) is 60.9 Å². The van der Waals surface area contributed by atoms with E-state index in [0.717, 1.165) is 5.56 Å². The van der Waals surface area contributed by atoms with Gasteiger partial charge in [0.05, 0.1) is 5.69 Å². The Hall–Kier alpha value is -2.83. The lowest BCUT2D eigenvalue weighted by atomic mass is 10.1. The number of benzene rings is 2. The zero-order chi connectivity index (χ0) is 18.4. The molecule has 0 amide bonds. The lowest BCUT2D eigenvalue weighted by Crippen LogP contribution is -2.20. The second kappa shape index (κ2) is 8.51. The number of aromatic nitrogens is 2. The first-order valence-electron chi connectivity index (χ1n) is 8.43. The summed E-state index contributed by atoms with van der Waals surface area (Å²) in [6, 6.07) is 16.3. The fraction of sp³-hybridized carbons (Fsp3) is 0.200. The van der Waals surface area contributed by atoms with Crippen LogP contribution in [0.3, 0.4) is 0 Å². The maximum Gasteiger partial charge on any atom is 0.130 e. The molecular weight excluding hydrogens is 331 g/mol. The van der Waals surface area contributed by atoms with E-state index in [9.17, 15) is 4.39 Å². The van der Waals surface area contributed by atoms with Crippen molar-refractivity contribution < 1.29 is 9.50 Å². The van der Waals surface area contributed by atoms with Gasteiger partial charge in [0.25, 0.3) is 0 Å². The van der Waals surface area contributed by atoms with Crippen LogP contribution < -0.4 is 11.1 Å². The molecule has 1 unspecified atom stereocenters. The average Bonchev–Trinajstić information content (AvgIpc) is 2.69. The number of anilines is 1. The normalized spacial score (nSPS) is 12.0. The molecule has 2 aromatic carbocycles. The third-order valence-corrected chi connectivity index (χ3v) is 4.13. The Morgan fingerprint density at radius 3 is 2.62 bits per heavy atom. The molecular formula is C20H21FN4O. The molecule has 4 N–H and O–H groups in total. The molecule has 0 aliphatic heterocycles. The number of nitrogens with two attached hydrogens (primary N) is 1. The second-order valence-corrected chi connectivity index (χ2v) is 5.97. The number of nitrogens with one attached hydrogen (secondary N) is 1. The van der Waals surface area contributed by atoms with Crippen LogP contribution in [0.2, 0.25) is 0 Å². The van der Waals surface area contributed by atoms with E-state index in [-0.39, 0.29) is 18.5 Å². The third-order valence-electron chi connectivity index (χ3n) is 4.13. The van der Waals surface area contributed by atoms with E-state index in [0.29, 0.717) is 35.6 Å². The van der Waals surface area contributed by atoms with Crippen LogP contribution >= 0.6 is 0 Å². The van der Waals surface area contributed by atoms with Crippen molar-refractivity contribution in [3.63, 3.8) is 0 Å². The van der Waals surface area contributed by atoms with Crippen molar-refractivity contribution in [1.29, 1.82) is 0 Å². The van der Waals surface area contributed by atoms with Crippen molar-refractivity contribution in [2.45, 2.75) is 12.5 Å². The molecule has 0 bridgehead atoms. The summed E-state index contributed by atoms with van der Waals surface area (Å²) in [5, 5.41) is 12.1. The van der Waals surface area contributed by atoms with Gasteiger partial charge in [-0.25, -0.2) is 14.4 Å². The summed E-state index contributed by atoms with van der Waals surface area (Å²) in [6.45, 7) is 0.434. The van der Waals surface area contributed by atoms with E-state index in [1.54, 1.807) is 18.2 Å². The number of hydrogen-bond acceptors (Lipinski definition) is 5. The largest absolute Gasteiger partial charge is 0.396 e. The molecule has 0 saturated heterocycles. The second-order valence-electron chi connectivity index (χ2n) is 5.97. The quantitative estimate of drug-likeness (QED) is 0.609. The molecule has 5 nitrogen and oxygen atoms in total. The minimum atomic E-state index is -0.351. The monoisotopic (exact) mass is 352 g/mol. The lowest BCUT2D eigenvalue weighted by molar-refractivity contribution is 0.297. The first-order valence-corrected chi connectivity index (χ1v) is 8.43. The molecule has 0 aliphatic rings. The van der Waals surface area contributed by atoms with Gasteiger partial charge >= 0.3 is 0 Å². The van der Waals surface area contributed by atoms with Gasteiger partial charge in [-0.05, 0) is 23.6 Å². The van der Waals surface area contributed by atoms with Gasteiger partial charge in [0.15, 0.2) is 0 Å². The Bertz CT molecular complexity index is 857. The van der Waals surface area contributed by atoms with Crippen molar-refractivity contribution in [1.82, 2.24) is 9.97 Å². The molecule has 3 rings (SSSR count). The lowest BCUT2D eigenvalue weighted by Gasteiger charge is -2.14. The van der Waals surface area contributed by atoms with Gasteiger partial charge in [-0.3, -0.25) is 0 Å². The predicted molar refractivity (Wildman–Crippen MR) is 100 cm³/mol. The van der Waals surface area contributed by atoms with Crippen LogP contribution in [0.25, 0.3) is 11.3 Å². The highest BCUT2D eigenvalue weighted by atomic mass is 19.1. The summed E-state index contributed by atoms with van der Waals surface area (Å²) in [6.07, 6.45) is 1.73. The average molecular weight is 352 g/mol. The molecule has 1 heterocycles.